The van der Waals surface area contributed by atoms with Crippen LogP contribution in [-0.2, 0) is 22.6 Å². The maximum atomic E-state index is 13.0. The third kappa shape index (κ3) is 3.73. The SMILES string of the molecule is Cc1cc(C)c2[nH]c(=O)c(CN(Cc3ccco3)C(=O)[C@H]3CCCO3)cc2c1. The first-order valence-electron chi connectivity index (χ1n) is 9.57. The van der Waals surface area contributed by atoms with Gasteiger partial charge in [-0.3, -0.25) is 9.59 Å². The van der Waals surface area contributed by atoms with Crippen LogP contribution in [0, 0.1) is 13.8 Å². The van der Waals surface area contributed by atoms with Gasteiger partial charge in [0.25, 0.3) is 11.5 Å². The summed E-state index contributed by atoms with van der Waals surface area (Å²) in [5, 5.41) is 0.967. The lowest BCUT2D eigenvalue weighted by Gasteiger charge is -2.24. The number of fused-ring (bicyclic) bond motifs is 1. The summed E-state index contributed by atoms with van der Waals surface area (Å²) in [6.07, 6.45) is 2.72. The minimum Gasteiger partial charge on any atom is -0.467 e. The van der Waals surface area contributed by atoms with Crippen molar-refractivity contribution < 1.29 is 13.9 Å². The number of H-pyrrole nitrogens is 1. The number of aromatic nitrogens is 1. The maximum absolute atomic E-state index is 13.0. The van der Waals surface area contributed by atoms with Gasteiger partial charge in [0, 0.05) is 12.2 Å². The van der Waals surface area contributed by atoms with Gasteiger partial charge >= 0.3 is 0 Å². The summed E-state index contributed by atoms with van der Waals surface area (Å²) in [6, 6.07) is 9.58. The molecule has 28 heavy (non-hydrogen) atoms. The van der Waals surface area contributed by atoms with Gasteiger partial charge in [-0.25, -0.2) is 0 Å². The molecule has 1 saturated heterocycles. The van der Waals surface area contributed by atoms with Gasteiger partial charge in [-0.15, -0.1) is 0 Å². The minimum absolute atomic E-state index is 0.103. The van der Waals surface area contributed by atoms with Crippen LogP contribution >= 0.6 is 0 Å². The van der Waals surface area contributed by atoms with Gasteiger partial charge in [-0.2, -0.15) is 0 Å². The van der Waals surface area contributed by atoms with Crippen LogP contribution in [0.1, 0.15) is 35.3 Å². The van der Waals surface area contributed by atoms with Gasteiger partial charge < -0.3 is 19.0 Å². The molecule has 1 amide bonds. The highest BCUT2D eigenvalue weighted by Gasteiger charge is 2.29. The van der Waals surface area contributed by atoms with Crippen molar-refractivity contribution in [2.45, 2.75) is 45.9 Å². The molecule has 4 rings (SSSR count). The fraction of sp³-hybridized carbons (Fsp3) is 0.364. The van der Waals surface area contributed by atoms with E-state index < -0.39 is 6.10 Å². The Kier molecular flexibility index (Phi) is 5.05. The van der Waals surface area contributed by atoms with Crippen LogP contribution in [0.4, 0.5) is 0 Å². The fourth-order valence-corrected chi connectivity index (χ4v) is 3.83. The van der Waals surface area contributed by atoms with Gasteiger partial charge in [0.2, 0.25) is 0 Å². The second-order valence-corrected chi connectivity index (χ2v) is 7.45. The fourth-order valence-electron chi connectivity index (χ4n) is 3.83. The van der Waals surface area contributed by atoms with Crippen LogP contribution in [0.5, 0.6) is 0 Å². The molecular weight excluding hydrogens is 356 g/mol. The number of aryl methyl sites for hydroxylation is 2. The highest BCUT2D eigenvalue weighted by Crippen LogP contribution is 2.21. The van der Waals surface area contributed by atoms with Crippen molar-refractivity contribution in [2.75, 3.05) is 6.61 Å². The number of amides is 1. The van der Waals surface area contributed by atoms with E-state index >= 15 is 0 Å². The van der Waals surface area contributed by atoms with Crippen molar-refractivity contribution >= 4 is 16.8 Å². The lowest BCUT2D eigenvalue weighted by Crippen LogP contribution is -2.39. The van der Waals surface area contributed by atoms with E-state index in [0.29, 0.717) is 30.9 Å². The molecule has 1 atom stereocenters. The molecule has 3 heterocycles. The highest BCUT2D eigenvalue weighted by molar-refractivity contribution is 5.83. The predicted molar refractivity (Wildman–Crippen MR) is 106 cm³/mol. The minimum atomic E-state index is -0.445. The average Bonchev–Trinajstić information content (AvgIpc) is 3.35. The monoisotopic (exact) mass is 380 g/mol. The molecule has 1 fully saturated rings. The quantitative estimate of drug-likeness (QED) is 0.736. The number of rotatable bonds is 5. The number of nitrogens with one attached hydrogen (secondary N) is 1. The molecule has 1 N–H and O–H groups in total. The zero-order chi connectivity index (χ0) is 19.7. The van der Waals surface area contributed by atoms with Crippen molar-refractivity contribution in [2.24, 2.45) is 0 Å². The molecule has 146 valence electrons. The predicted octanol–water partition coefficient (Wildman–Crippen LogP) is 3.45. The third-order valence-corrected chi connectivity index (χ3v) is 5.18. The number of ether oxygens (including phenoxy) is 1. The molecule has 2 aromatic heterocycles. The Balaban J connectivity index is 1.68. The second kappa shape index (κ2) is 7.64. The van der Waals surface area contributed by atoms with Crippen LogP contribution in [0.2, 0.25) is 0 Å². The topological polar surface area (TPSA) is 75.5 Å². The number of hydrogen-bond acceptors (Lipinski definition) is 4. The van der Waals surface area contributed by atoms with Crippen molar-refractivity contribution in [1.29, 1.82) is 0 Å². The van der Waals surface area contributed by atoms with Crippen molar-refractivity contribution in [3.63, 3.8) is 0 Å². The Labute approximate surface area is 163 Å². The molecule has 0 bridgehead atoms. The molecule has 0 aliphatic carbocycles. The van der Waals surface area contributed by atoms with E-state index in [2.05, 4.69) is 4.98 Å². The van der Waals surface area contributed by atoms with E-state index in [1.807, 2.05) is 38.1 Å². The van der Waals surface area contributed by atoms with E-state index in [4.69, 9.17) is 9.15 Å². The molecule has 0 radical (unpaired) electrons. The number of carbonyl (C=O) groups is 1. The maximum Gasteiger partial charge on any atom is 0.253 e. The molecule has 3 aromatic rings. The van der Waals surface area contributed by atoms with Crippen LogP contribution in [0.15, 0.2) is 45.8 Å². The Morgan fingerprint density at radius 2 is 2.11 bits per heavy atom. The van der Waals surface area contributed by atoms with Crippen molar-refractivity contribution in [3.05, 3.63) is 69.4 Å². The smallest absolute Gasteiger partial charge is 0.253 e. The largest absolute Gasteiger partial charge is 0.467 e. The zero-order valence-corrected chi connectivity index (χ0v) is 16.2. The van der Waals surface area contributed by atoms with Crippen LogP contribution in [0.25, 0.3) is 10.9 Å². The summed E-state index contributed by atoms with van der Waals surface area (Å²) in [5.74, 6) is 0.573. The van der Waals surface area contributed by atoms with Crippen LogP contribution in [-0.4, -0.2) is 28.5 Å². The molecule has 1 aliphatic heterocycles. The van der Waals surface area contributed by atoms with Gasteiger partial charge in [-0.1, -0.05) is 11.6 Å². The van der Waals surface area contributed by atoms with Gasteiger partial charge in [-0.05, 0) is 61.9 Å². The first-order valence-corrected chi connectivity index (χ1v) is 9.57. The van der Waals surface area contributed by atoms with Crippen LogP contribution < -0.4 is 5.56 Å². The third-order valence-electron chi connectivity index (χ3n) is 5.18. The van der Waals surface area contributed by atoms with E-state index in [1.165, 1.54) is 0 Å². The number of furan rings is 1. The molecular formula is C22H24N2O4. The van der Waals surface area contributed by atoms with E-state index in [0.717, 1.165) is 28.5 Å². The molecule has 6 heteroatoms. The van der Waals surface area contributed by atoms with E-state index in [-0.39, 0.29) is 18.0 Å². The lowest BCUT2D eigenvalue weighted by molar-refractivity contribution is -0.142. The molecule has 6 nitrogen and oxygen atoms in total. The number of benzene rings is 1. The van der Waals surface area contributed by atoms with E-state index in [9.17, 15) is 9.59 Å². The molecule has 1 aliphatic rings. The summed E-state index contributed by atoms with van der Waals surface area (Å²) in [6.45, 7) is 5.12. The first kappa shape index (κ1) is 18.5. The average molecular weight is 380 g/mol. The molecule has 0 unspecified atom stereocenters. The summed E-state index contributed by atoms with van der Waals surface area (Å²) < 4.78 is 11.0. The van der Waals surface area contributed by atoms with Gasteiger partial charge in [0.1, 0.15) is 11.9 Å². The van der Waals surface area contributed by atoms with Crippen molar-refractivity contribution in [1.82, 2.24) is 9.88 Å². The number of pyridine rings is 1. The second-order valence-electron chi connectivity index (χ2n) is 7.45. The Bertz CT molecular complexity index is 1050. The Morgan fingerprint density at radius 3 is 2.82 bits per heavy atom. The van der Waals surface area contributed by atoms with Gasteiger partial charge in [0.15, 0.2) is 0 Å². The number of aromatic amines is 1. The molecule has 0 saturated carbocycles. The summed E-state index contributed by atoms with van der Waals surface area (Å²) in [4.78, 5) is 30.3. The highest BCUT2D eigenvalue weighted by atomic mass is 16.5. The Morgan fingerprint density at radius 1 is 1.25 bits per heavy atom. The summed E-state index contributed by atoms with van der Waals surface area (Å²) in [7, 11) is 0. The van der Waals surface area contributed by atoms with E-state index in [1.54, 1.807) is 17.2 Å². The zero-order valence-electron chi connectivity index (χ0n) is 16.2. The Hall–Kier alpha value is -2.86. The molecule has 0 spiro atoms. The first-order chi connectivity index (χ1) is 13.5. The standard InChI is InChI=1S/C22H24N2O4/c1-14-9-15(2)20-16(10-14)11-17(21(25)23-20)12-24(13-18-5-3-7-27-18)22(26)19-6-4-8-28-19/h3,5,7,9-11,19H,4,6,8,12-13H2,1-2H3,(H,23,25)/t19-/m1/s1. The van der Waals surface area contributed by atoms with Crippen LogP contribution in [0.3, 0.4) is 0 Å². The number of nitrogens with zero attached hydrogens (tertiary/aromatic N) is 1. The normalized spacial score (nSPS) is 16.6. The number of hydrogen-bond donors (Lipinski definition) is 1. The van der Waals surface area contributed by atoms with Crippen molar-refractivity contribution in [3.8, 4) is 0 Å². The lowest BCUT2D eigenvalue weighted by atomic mass is 10.0. The molecule has 1 aromatic carbocycles. The number of carbonyl (C=O) groups excluding carboxylic acids is 1. The van der Waals surface area contributed by atoms with Gasteiger partial charge in [0.05, 0.1) is 24.9 Å². The summed E-state index contributed by atoms with van der Waals surface area (Å²) >= 11 is 0. The summed E-state index contributed by atoms with van der Waals surface area (Å²) in [5.41, 5.74) is 3.37.